The number of sulfonamides is 1. The Hall–Kier alpha value is -2.54. The maximum atomic E-state index is 12.7. The molecule has 1 aromatic rings. The zero-order chi connectivity index (χ0) is 21.7. The fourth-order valence-corrected chi connectivity index (χ4v) is 4.12. The van der Waals surface area contributed by atoms with Crippen molar-refractivity contribution in [3.05, 3.63) is 18.2 Å². The first-order valence-corrected chi connectivity index (χ1v) is 10.1. The Bertz CT molecular complexity index is 855. The van der Waals surface area contributed by atoms with Crippen molar-refractivity contribution in [3.8, 4) is 5.75 Å². The van der Waals surface area contributed by atoms with Gasteiger partial charge in [0, 0.05) is 20.1 Å². The second kappa shape index (κ2) is 9.31. The molecule has 0 unspecified atom stereocenters. The van der Waals surface area contributed by atoms with Crippen LogP contribution < -0.4 is 20.7 Å². The minimum Gasteiger partial charge on any atom is -0.482 e. The van der Waals surface area contributed by atoms with Gasteiger partial charge in [-0.1, -0.05) is 0 Å². The molecule has 1 aliphatic rings. The molecule has 1 aromatic carbocycles. The van der Waals surface area contributed by atoms with Crippen LogP contribution in [-0.4, -0.2) is 64.1 Å². The standard InChI is InChI=1S/C16H21F3N4O5S/c1-20-15(25)22-14(24)9-21-12-8-11(29(26,27)23-6-2-3-7-23)4-5-13(12)28-10-16(17,18)19/h4-5,8,21H,2-3,6-7,9-10H2,1H3,(H2,20,22,24,25). The van der Waals surface area contributed by atoms with Gasteiger partial charge in [0.05, 0.1) is 17.1 Å². The molecule has 0 radical (unpaired) electrons. The number of imide groups is 1. The third kappa shape index (κ3) is 6.49. The summed E-state index contributed by atoms with van der Waals surface area (Å²) in [5.74, 6) is -1.06. The molecule has 1 aliphatic heterocycles. The minimum atomic E-state index is -4.60. The van der Waals surface area contributed by atoms with Crippen molar-refractivity contribution in [1.82, 2.24) is 14.9 Å². The lowest BCUT2D eigenvalue weighted by Crippen LogP contribution is -2.40. The van der Waals surface area contributed by atoms with Crippen molar-refractivity contribution in [3.63, 3.8) is 0 Å². The van der Waals surface area contributed by atoms with E-state index in [4.69, 9.17) is 4.74 Å². The van der Waals surface area contributed by atoms with Gasteiger partial charge in [-0.15, -0.1) is 0 Å². The molecule has 3 amide bonds. The number of nitrogens with zero attached hydrogens (tertiary/aromatic N) is 1. The van der Waals surface area contributed by atoms with Crippen LogP contribution in [0.4, 0.5) is 23.7 Å². The third-order valence-electron chi connectivity index (χ3n) is 3.96. The lowest BCUT2D eigenvalue weighted by molar-refractivity contribution is -0.153. The van der Waals surface area contributed by atoms with Crippen molar-refractivity contribution >= 4 is 27.6 Å². The van der Waals surface area contributed by atoms with E-state index in [1.165, 1.54) is 11.4 Å². The van der Waals surface area contributed by atoms with Crippen molar-refractivity contribution < 1.29 is 35.9 Å². The molecule has 0 spiro atoms. The first-order chi connectivity index (χ1) is 13.5. The van der Waals surface area contributed by atoms with E-state index in [1.54, 1.807) is 0 Å². The number of nitrogens with one attached hydrogen (secondary N) is 3. The Morgan fingerprint density at radius 2 is 1.86 bits per heavy atom. The van der Waals surface area contributed by atoms with E-state index < -0.39 is 41.3 Å². The smallest absolute Gasteiger partial charge is 0.422 e. The molecule has 162 valence electrons. The van der Waals surface area contributed by atoms with E-state index in [0.717, 1.165) is 31.0 Å². The molecule has 3 N–H and O–H groups in total. The SMILES string of the molecule is CNC(=O)NC(=O)CNc1cc(S(=O)(=O)N2CCCC2)ccc1OCC(F)(F)F. The third-order valence-corrected chi connectivity index (χ3v) is 5.86. The van der Waals surface area contributed by atoms with Gasteiger partial charge in [-0.3, -0.25) is 10.1 Å². The zero-order valence-electron chi connectivity index (χ0n) is 15.5. The fourth-order valence-electron chi connectivity index (χ4n) is 2.58. The van der Waals surface area contributed by atoms with Crippen LogP contribution >= 0.6 is 0 Å². The summed E-state index contributed by atoms with van der Waals surface area (Å²) in [5.41, 5.74) is -0.124. The summed E-state index contributed by atoms with van der Waals surface area (Å²) in [5, 5.41) is 6.65. The Kier molecular flexibility index (Phi) is 7.30. The Balaban J connectivity index is 2.24. The van der Waals surface area contributed by atoms with E-state index >= 15 is 0 Å². The van der Waals surface area contributed by atoms with Gasteiger partial charge in [0.25, 0.3) is 0 Å². The quantitative estimate of drug-likeness (QED) is 0.591. The molecule has 0 saturated carbocycles. The number of amides is 3. The summed E-state index contributed by atoms with van der Waals surface area (Å²) in [4.78, 5) is 22.7. The van der Waals surface area contributed by atoms with E-state index in [2.05, 4.69) is 10.6 Å². The first kappa shape index (κ1) is 22.7. The van der Waals surface area contributed by atoms with Gasteiger partial charge in [-0.2, -0.15) is 17.5 Å². The number of rotatable bonds is 7. The number of urea groups is 1. The Morgan fingerprint density at radius 3 is 2.45 bits per heavy atom. The largest absolute Gasteiger partial charge is 0.482 e. The monoisotopic (exact) mass is 438 g/mol. The highest BCUT2D eigenvalue weighted by molar-refractivity contribution is 7.89. The molecule has 0 aromatic heterocycles. The van der Waals surface area contributed by atoms with Gasteiger partial charge >= 0.3 is 12.2 Å². The van der Waals surface area contributed by atoms with Crippen LogP contribution in [0.3, 0.4) is 0 Å². The normalized spacial score (nSPS) is 15.0. The summed E-state index contributed by atoms with van der Waals surface area (Å²) in [6, 6.07) is 2.57. The summed E-state index contributed by atoms with van der Waals surface area (Å²) >= 11 is 0. The Morgan fingerprint density at radius 1 is 1.21 bits per heavy atom. The number of carbonyl (C=O) groups is 2. The van der Waals surface area contributed by atoms with E-state index in [-0.39, 0.29) is 16.3 Å². The highest BCUT2D eigenvalue weighted by Gasteiger charge is 2.30. The molecule has 0 atom stereocenters. The second-order valence-electron chi connectivity index (χ2n) is 6.15. The van der Waals surface area contributed by atoms with Crippen molar-refractivity contribution in [2.24, 2.45) is 0 Å². The molecule has 9 nitrogen and oxygen atoms in total. The number of alkyl halides is 3. The van der Waals surface area contributed by atoms with Crippen LogP contribution in [0.1, 0.15) is 12.8 Å². The summed E-state index contributed by atoms with van der Waals surface area (Å²) in [6.07, 6.45) is -3.16. The molecule has 2 rings (SSSR count). The summed E-state index contributed by atoms with van der Waals surface area (Å²) in [7, 11) is -2.53. The highest BCUT2D eigenvalue weighted by atomic mass is 32.2. The molecule has 29 heavy (non-hydrogen) atoms. The van der Waals surface area contributed by atoms with Crippen LogP contribution in [0.25, 0.3) is 0 Å². The first-order valence-electron chi connectivity index (χ1n) is 8.62. The molecular formula is C16H21F3N4O5S. The number of ether oxygens (including phenoxy) is 1. The number of carbonyl (C=O) groups excluding carboxylic acids is 2. The summed E-state index contributed by atoms with van der Waals surface area (Å²) < 4.78 is 68.8. The molecule has 0 aliphatic carbocycles. The van der Waals surface area contributed by atoms with E-state index in [1.807, 2.05) is 5.32 Å². The predicted molar refractivity (Wildman–Crippen MR) is 97.1 cm³/mol. The van der Waals surface area contributed by atoms with Crippen LogP contribution in [-0.2, 0) is 14.8 Å². The molecule has 1 heterocycles. The average Bonchev–Trinajstić information content (AvgIpc) is 3.19. The zero-order valence-corrected chi connectivity index (χ0v) is 16.3. The predicted octanol–water partition coefficient (Wildman–Crippen LogP) is 1.28. The minimum absolute atomic E-state index is 0.124. The molecule has 1 saturated heterocycles. The van der Waals surface area contributed by atoms with Gasteiger partial charge in [-0.05, 0) is 31.0 Å². The van der Waals surface area contributed by atoms with Crippen LogP contribution in [0, 0.1) is 0 Å². The molecule has 1 fully saturated rings. The maximum Gasteiger partial charge on any atom is 0.422 e. The average molecular weight is 438 g/mol. The number of anilines is 1. The van der Waals surface area contributed by atoms with Gasteiger partial charge < -0.3 is 15.4 Å². The Labute approximate surface area is 165 Å². The number of hydrogen-bond acceptors (Lipinski definition) is 6. The summed E-state index contributed by atoms with van der Waals surface area (Å²) in [6.45, 7) is -1.38. The number of benzene rings is 1. The number of hydrogen-bond donors (Lipinski definition) is 3. The van der Waals surface area contributed by atoms with E-state index in [0.29, 0.717) is 13.1 Å². The van der Waals surface area contributed by atoms with Gasteiger partial charge in [0.1, 0.15) is 5.75 Å². The fraction of sp³-hybridized carbons (Fsp3) is 0.500. The van der Waals surface area contributed by atoms with Crippen LogP contribution in [0.2, 0.25) is 0 Å². The highest BCUT2D eigenvalue weighted by Crippen LogP contribution is 2.31. The van der Waals surface area contributed by atoms with E-state index in [9.17, 15) is 31.2 Å². The van der Waals surface area contributed by atoms with Crippen LogP contribution in [0.15, 0.2) is 23.1 Å². The molecule has 13 heteroatoms. The van der Waals surface area contributed by atoms with Gasteiger partial charge in [0.2, 0.25) is 15.9 Å². The number of halogens is 3. The van der Waals surface area contributed by atoms with Crippen molar-refractivity contribution in [2.45, 2.75) is 23.9 Å². The van der Waals surface area contributed by atoms with Crippen molar-refractivity contribution in [1.29, 1.82) is 0 Å². The molecule has 0 bridgehead atoms. The van der Waals surface area contributed by atoms with Crippen LogP contribution in [0.5, 0.6) is 5.75 Å². The molecular weight excluding hydrogens is 417 g/mol. The van der Waals surface area contributed by atoms with Crippen molar-refractivity contribution in [2.75, 3.05) is 38.6 Å². The second-order valence-corrected chi connectivity index (χ2v) is 8.09. The van der Waals surface area contributed by atoms with Gasteiger partial charge in [0.15, 0.2) is 6.61 Å². The topological polar surface area (TPSA) is 117 Å². The lowest BCUT2D eigenvalue weighted by atomic mass is 10.3. The maximum absolute atomic E-state index is 12.7. The van der Waals surface area contributed by atoms with Gasteiger partial charge in [-0.25, -0.2) is 13.2 Å². The lowest BCUT2D eigenvalue weighted by Gasteiger charge is -2.19.